The van der Waals surface area contributed by atoms with E-state index in [1.807, 2.05) is 18.2 Å². The van der Waals surface area contributed by atoms with Crippen LogP contribution in [-0.4, -0.2) is 43.7 Å². The van der Waals surface area contributed by atoms with Crippen LogP contribution in [0, 0.1) is 12.8 Å². The molecule has 3 aromatic carbocycles. The fraction of sp³-hybridized carbons (Fsp3) is 0.321. The third-order valence-electron chi connectivity index (χ3n) is 6.85. The first kappa shape index (κ1) is 20.9. The zero-order valence-corrected chi connectivity index (χ0v) is 18.5. The average molecular weight is 427 g/mol. The van der Waals surface area contributed by atoms with E-state index in [-0.39, 0.29) is 23.8 Å². The van der Waals surface area contributed by atoms with Crippen molar-refractivity contribution in [2.24, 2.45) is 5.92 Å². The molecule has 0 aliphatic carbocycles. The van der Waals surface area contributed by atoms with Crippen molar-refractivity contribution in [2.75, 3.05) is 32.8 Å². The van der Waals surface area contributed by atoms with Gasteiger partial charge in [-0.3, -0.25) is 4.79 Å². The highest BCUT2D eigenvalue weighted by Gasteiger charge is 2.40. The zero-order chi connectivity index (χ0) is 21.9. The Hall–Kier alpha value is -2.95. The van der Waals surface area contributed by atoms with E-state index in [0.717, 1.165) is 12.1 Å². The number of aryl methyl sites for hydroxylation is 1. The monoisotopic (exact) mass is 426 g/mol. The molecule has 1 N–H and O–H groups in total. The minimum atomic E-state index is -0.0779. The summed E-state index contributed by atoms with van der Waals surface area (Å²) >= 11 is 0. The van der Waals surface area contributed by atoms with Gasteiger partial charge in [0.05, 0.1) is 25.2 Å². The lowest BCUT2D eigenvalue weighted by Crippen LogP contribution is -2.47. The van der Waals surface area contributed by atoms with Gasteiger partial charge in [-0.1, -0.05) is 84.4 Å². The van der Waals surface area contributed by atoms with Crippen LogP contribution in [0.3, 0.4) is 0 Å². The lowest BCUT2D eigenvalue weighted by atomic mass is 9.83. The molecule has 1 amide bonds. The number of hydrogen-bond acceptors (Lipinski definition) is 3. The van der Waals surface area contributed by atoms with E-state index >= 15 is 0 Å². The summed E-state index contributed by atoms with van der Waals surface area (Å²) in [5, 5.41) is 3.50. The molecule has 2 heterocycles. The number of morpholine rings is 1. The van der Waals surface area contributed by atoms with Crippen molar-refractivity contribution < 1.29 is 9.53 Å². The van der Waals surface area contributed by atoms with Gasteiger partial charge in [-0.15, -0.1) is 0 Å². The van der Waals surface area contributed by atoms with E-state index in [0.29, 0.717) is 26.3 Å². The number of benzene rings is 3. The molecule has 2 saturated heterocycles. The van der Waals surface area contributed by atoms with Crippen LogP contribution in [0.5, 0.6) is 0 Å². The summed E-state index contributed by atoms with van der Waals surface area (Å²) < 4.78 is 5.77. The van der Waals surface area contributed by atoms with Crippen LogP contribution in [0.4, 0.5) is 0 Å². The van der Waals surface area contributed by atoms with Crippen LogP contribution in [0.1, 0.15) is 28.7 Å². The summed E-state index contributed by atoms with van der Waals surface area (Å²) in [4.78, 5) is 15.9. The lowest BCUT2D eigenvalue weighted by molar-refractivity contribution is -0.144. The van der Waals surface area contributed by atoms with Gasteiger partial charge in [-0.05, 0) is 29.2 Å². The minimum absolute atomic E-state index is 0.0222. The number of rotatable bonds is 4. The maximum atomic E-state index is 13.9. The van der Waals surface area contributed by atoms with Crippen LogP contribution in [-0.2, 0) is 9.53 Å². The maximum absolute atomic E-state index is 13.9. The molecule has 164 valence electrons. The number of carbonyl (C=O) groups is 1. The van der Waals surface area contributed by atoms with E-state index in [1.165, 1.54) is 22.3 Å². The van der Waals surface area contributed by atoms with Crippen LogP contribution in [0.2, 0.25) is 0 Å². The molecule has 3 atom stereocenters. The van der Waals surface area contributed by atoms with E-state index in [2.05, 4.69) is 77.8 Å². The molecule has 0 bridgehead atoms. The molecule has 0 spiro atoms. The quantitative estimate of drug-likeness (QED) is 0.665. The molecule has 2 fully saturated rings. The number of ether oxygens (including phenoxy) is 1. The molecule has 0 saturated carbocycles. The molecular formula is C28H30N2O2. The van der Waals surface area contributed by atoms with Gasteiger partial charge in [0, 0.05) is 25.6 Å². The first-order chi connectivity index (χ1) is 15.7. The summed E-state index contributed by atoms with van der Waals surface area (Å²) in [7, 11) is 0. The highest BCUT2D eigenvalue weighted by molar-refractivity contribution is 5.82. The Kier molecular flexibility index (Phi) is 6.06. The van der Waals surface area contributed by atoms with Gasteiger partial charge >= 0.3 is 0 Å². The van der Waals surface area contributed by atoms with Gasteiger partial charge in [0.1, 0.15) is 0 Å². The van der Waals surface area contributed by atoms with E-state index in [1.54, 1.807) is 0 Å². The first-order valence-corrected chi connectivity index (χ1v) is 11.5. The fourth-order valence-corrected chi connectivity index (χ4v) is 5.11. The molecule has 3 aromatic rings. The minimum Gasteiger partial charge on any atom is -0.377 e. The highest BCUT2D eigenvalue weighted by atomic mass is 16.5. The first-order valence-electron chi connectivity index (χ1n) is 11.5. The number of nitrogens with zero attached hydrogens (tertiary/aromatic N) is 1. The van der Waals surface area contributed by atoms with E-state index in [4.69, 9.17) is 4.74 Å². The normalized spacial score (nSPS) is 23.3. The molecular weight excluding hydrogens is 396 g/mol. The number of carbonyl (C=O) groups excluding carboxylic acids is 1. The average Bonchev–Trinajstić information content (AvgIpc) is 3.34. The van der Waals surface area contributed by atoms with Gasteiger partial charge in [0.15, 0.2) is 0 Å². The van der Waals surface area contributed by atoms with Crippen molar-refractivity contribution in [1.82, 2.24) is 10.2 Å². The molecule has 4 heteroatoms. The Morgan fingerprint density at radius 2 is 1.69 bits per heavy atom. The topological polar surface area (TPSA) is 41.6 Å². The van der Waals surface area contributed by atoms with Crippen molar-refractivity contribution in [3.63, 3.8) is 0 Å². The Balaban J connectivity index is 1.45. The molecule has 1 unspecified atom stereocenters. The Morgan fingerprint density at radius 3 is 2.50 bits per heavy atom. The Labute approximate surface area is 190 Å². The molecule has 5 rings (SSSR count). The third kappa shape index (κ3) is 4.08. The summed E-state index contributed by atoms with van der Waals surface area (Å²) in [5.74, 6) is 0.307. The molecule has 32 heavy (non-hydrogen) atoms. The fourth-order valence-electron chi connectivity index (χ4n) is 5.11. The van der Waals surface area contributed by atoms with E-state index in [9.17, 15) is 4.79 Å². The molecule has 0 aromatic heterocycles. The highest BCUT2D eigenvalue weighted by Crippen LogP contribution is 2.38. The molecule has 0 radical (unpaired) electrons. The molecule has 2 aliphatic heterocycles. The second-order valence-electron chi connectivity index (χ2n) is 8.86. The summed E-state index contributed by atoms with van der Waals surface area (Å²) in [6, 6.07) is 27.5. The number of hydrogen-bond donors (Lipinski definition) is 1. The van der Waals surface area contributed by atoms with Crippen molar-refractivity contribution in [2.45, 2.75) is 18.9 Å². The second-order valence-corrected chi connectivity index (χ2v) is 8.86. The van der Waals surface area contributed by atoms with Crippen LogP contribution in [0.25, 0.3) is 11.1 Å². The largest absolute Gasteiger partial charge is 0.377 e. The van der Waals surface area contributed by atoms with Crippen LogP contribution >= 0.6 is 0 Å². The zero-order valence-electron chi connectivity index (χ0n) is 18.5. The SMILES string of the molecule is Cc1ccc(-c2ccccc2[C@@H]2CNCC2C(=O)N2CCOC[C@@H]2c2ccccc2)cc1. The third-order valence-corrected chi connectivity index (χ3v) is 6.85. The van der Waals surface area contributed by atoms with Crippen molar-refractivity contribution >= 4 is 5.91 Å². The van der Waals surface area contributed by atoms with Crippen molar-refractivity contribution in [1.29, 1.82) is 0 Å². The Morgan fingerprint density at radius 1 is 0.938 bits per heavy atom. The van der Waals surface area contributed by atoms with Crippen LogP contribution in [0.15, 0.2) is 78.9 Å². The molecule has 2 aliphatic rings. The second kappa shape index (κ2) is 9.27. The van der Waals surface area contributed by atoms with Gasteiger partial charge < -0.3 is 15.0 Å². The van der Waals surface area contributed by atoms with Gasteiger partial charge in [0.25, 0.3) is 0 Å². The number of nitrogens with one attached hydrogen (secondary N) is 1. The standard InChI is InChI=1S/C28H30N2O2/c1-20-11-13-21(14-12-20)23-9-5-6-10-24(23)25-17-29-18-26(25)28(31)30-15-16-32-19-27(30)22-7-3-2-4-8-22/h2-14,25-27,29H,15-19H2,1H3/t25-,26?,27+/m0/s1. The smallest absolute Gasteiger partial charge is 0.228 e. The van der Waals surface area contributed by atoms with Gasteiger partial charge in [0.2, 0.25) is 5.91 Å². The van der Waals surface area contributed by atoms with Gasteiger partial charge in [-0.2, -0.15) is 0 Å². The summed E-state index contributed by atoms with van der Waals surface area (Å²) in [5.41, 5.74) is 6.08. The maximum Gasteiger partial charge on any atom is 0.228 e. The van der Waals surface area contributed by atoms with Crippen molar-refractivity contribution in [3.8, 4) is 11.1 Å². The lowest BCUT2D eigenvalue weighted by Gasteiger charge is -2.38. The molecule has 4 nitrogen and oxygen atoms in total. The van der Waals surface area contributed by atoms with Crippen LogP contribution < -0.4 is 5.32 Å². The number of amides is 1. The summed E-state index contributed by atoms with van der Waals surface area (Å²) in [6.07, 6.45) is 0. The van der Waals surface area contributed by atoms with E-state index < -0.39 is 0 Å². The Bertz CT molecular complexity index is 1060. The van der Waals surface area contributed by atoms with Gasteiger partial charge in [-0.25, -0.2) is 0 Å². The van der Waals surface area contributed by atoms with Crippen molar-refractivity contribution in [3.05, 3.63) is 95.6 Å². The summed E-state index contributed by atoms with van der Waals surface area (Å²) in [6.45, 7) is 5.43. The predicted molar refractivity (Wildman–Crippen MR) is 127 cm³/mol. The predicted octanol–water partition coefficient (Wildman–Crippen LogP) is 4.57.